The number of ether oxygens (including phenoxy) is 1. The van der Waals surface area contributed by atoms with Gasteiger partial charge in [0.25, 0.3) is 0 Å². The van der Waals surface area contributed by atoms with Crippen molar-refractivity contribution in [3.8, 4) is 5.75 Å². The first-order valence-corrected chi connectivity index (χ1v) is 8.04. The van der Waals surface area contributed by atoms with Gasteiger partial charge in [0.15, 0.2) is 0 Å². The molecule has 0 fully saturated rings. The number of hydrogen-bond acceptors (Lipinski definition) is 2. The number of methoxy groups -OCH3 is 1. The maximum absolute atomic E-state index is 10.6. The predicted molar refractivity (Wildman–Crippen MR) is 87.7 cm³/mol. The van der Waals surface area contributed by atoms with E-state index in [1.54, 1.807) is 7.11 Å². The summed E-state index contributed by atoms with van der Waals surface area (Å²) in [5, 5.41) is 10.6. The van der Waals surface area contributed by atoms with Crippen molar-refractivity contribution in [2.45, 2.75) is 25.4 Å². The molecule has 1 unspecified atom stereocenters. The van der Waals surface area contributed by atoms with E-state index >= 15 is 0 Å². The van der Waals surface area contributed by atoms with E-state index in [1.807, 2.05) is 18.2 Å². The van der Waals surface area contributed by atoms with Gasteiger partial charge in [0.1, 0.15) is 5.75 Å². The van der Waals surface area contributed by atoms with E-state index in [4.69, 9.17) is 4.74 Å². The van der Waals surface area contributed by atoms with Crippen LogP contribution in [0, 0.1) is 5.92 Å². The molecule has 2 aromatic carbocycles. The molecule has 0 bridgehead atoms. The van der Waals surface area contributed by atoms with Gasteiger partial charge in [0.05, 0.1) is 13.2 Å². The second-order valence-electron chi connectivity index (χ2n) is 5.66. The van der Waals surface area contributed by atoms with Crippen molar-refractivity contribution in [3.05, 3.63) is 63.6 Å². The Labute approximate surface area is 133 Å². The fraction of sp³-hybridized carbons (Fsp3) is 0.333. The van der Waals surface area contributed by atoms with Crippen LogP contribution in [0.15, 0.2) is 46.9 Å². The molecule has 0 saturated carbocycles. The second kappa shape index (κ2) is 6.20. The SMILES string of the molecule is COc1ccc(Br)cc1CC(O)C1Cc2ccccc2C1. The Morgan fingerprint density at radius 1 is 1.19 bits per heavy atom. The van der Waals surface area contributed by atoms with Crippen molar-refractivity contribution in [3.63, 3.8) is 0 Å². The fourth-order valence-corrected chi connectivity index (χ4v) is 3.57. The van der Waals surface area contributed by atoms with Crippen LogP contribution in [0.3, 0.4) is 0 Å². The van der Waals surface area contributed by atoms with E-state index in [2.05, 4.69) is 40.2 Å². The van der Waals surface area contributed by atoms with Crippen LogP contribution >= 0.6 is 15.9 Å². The van der Waals surface area contributed by atoms with Crippen molar-refractivity contribution < 1.29 is 9.84 Å². The van der Waals surface area contributed by atoms with E-state index in [-0.39, 0.29) is 6.10 Å². The molecule has 1 aliphatic rings. The normalized spacial score (nSPS) is 15.8. The summed E-state index contributed by atoms with van der Waals surface area (Å²) in [6.45, 7) is 0. The van der Waals surface area contributed by atoms with E-state index in [0.717, 1.165) is 28.6 Å². The number of hydrogen-bond donors (Lipinski definition) is 1. The van der Waals surface area contributed by atoms with Gasteiger partial charge in [-0.2, -0.15) is 0 Å². The molecule has 0 aromatic heterocycles. The summed E-state index contributed by atoms with van der Waals surface area (Å²) in [4.78, 5) is 0. The lowest BCUT2D eigenvalue weighted by Crippen LogP contribution is -2.23. The molecule has 0 spiro atoms. The van der Waals surface area contributed by atoms with Crippen LogP contribution in [0.25, 0.3) is 0 Å². The number of aliphatic hydroxyl groups excluding tert-OH is 1. The van der Waals surface area contributed by atoms with Crippen molar-refractivity contribution >= 4 is 15.9 Å². The van der Waals surface area contributed by atoms with Gasteiger partial charge < -0.3 is 9.84 Å². The summed E-state index contributed by atoms with van der Waals surface area (Å²) < 4.78 is 6.41. The van der Waals surface area contributed by atoms with Crippen molar-refractivity contribution in [1.29, 1.82) is 0 Å². The molecule has 2 aromatic rings. The minimum Gasteiger partial charge on any atom is -0.496 e. The number of fused-ring (bicyclic) bond motifs is 1. The predicted octanol–water partition coefficient (Wildman–Crippen LogP) is 3.78. The molecule has 0 aliphatic heterocycles. The number of halogens is 1. The Morgan fingerprint density at radius 3 is 2.48 bits per heavy atom. The number of aliphatic hydroxyl groups is 1. The quantitative estimate of drug-likeness (QED) is 0.912. The standard InChI is InChI=1S/C18H19BrO2/c1-21-18-7-6-16(19)10-15(18)11-17(20)14-8-12-4-2-3-5-13(12)9-14/h2-7,10,14,17,20H,8-9,11H2,1H3. The molecule has 3 heteroatoms. The smallest absolute Gasteiger partial charge is 0.122 e. The summed E-state index contributed by atoms with van der Waals surface area (Å²) in [6.07, 6.45) is 2.21. The zero-order valence-electron chi connectivity index (χ0n) is 12.1. The first kappa shape index (κ1) is 14.6. The molecule has 1 atom stereocenters. The molecule has 1 aliphatic carbocycles. The summed E-state index contributed by atoms with van der Waals surface area (Å²) in [5.41, 5.74) is 3.81. The van der Waals surface area contributed by atoms with Crippen LogP contribution < -0.4 is 4.74 Å². The maximum atomic E-state index is 10.6. The van der Waals surface area contributed by atoms with Gasteiger partial charge in [-0.05, 0) is 53.6 Å². The zero-order chi connectivity index (χ0) is 14.8. The third-order valence-corrected chi connectivity index (χ3v) is 4.79. The molecular formula is C18H19BrO2. The molecule has 0 radical (unpaired) electrons. The highest BCUT2D eigenvalue weighted by molar-refractivity contribution is 9.10. The molecule has 110 valence electrons. The van der Waals surface area contributed by atoms with Gasteiger partial charge in [0.2, 0.25) is 0 Å². The van der Waals surface area contributed by atoms with Gasteiger partial charge in [-0.25, -0.2) is 0 Å². The first-order valence-electron chi connectivity index (χ1n) is 7.24. The maximum Gasteiger partial charge on any atom is 0.122 e. The number of rotatable bonds is 4. The minimum absolute atomic E-state index is 0.297. The zero-order valence-corrected chi connectivity index (χ0v) is 13.6. The molecule has 3 rings (SSSR count). The molecule has 0 amide bonds. The summed E-state index contributed by atoms with van der Waals surface area (Å²) in [6, 6.07) is 14.4. The summed E-state index contributed by atoms with van der Waals surface area (Å²) in [7, 11) is 1.67. The summed E-state index contributed by atoms with van der Waals surface area (Å²) >= 11 is 3.49. The minimum atomic E-state index is -0.347. The van der Waals surface area contributed by atoms with E-state index in [0.29, 0.717) is 12.3 Å². The van der Waals surface area contributed by atoms with Gasteiger partial charge in [-0.1, -0.05) is 40.2 Å². The van der Waals surface area contributed by atoms with Crippen LogP contribution in [0.5, 0.6) is 5.75 Å². The van der Waals surface area contributed by atoms with Gasteiger partial charge in [-0.3, -0.25) is 0 Å². The largest absolute Gasteiger partial charge is 0.496 e. The van der Waals surface area contributed by atoms with Crippen LogP contribution in [0.1, 0.15) is 16.7 Å². The average Bonchev–Trinajstić information content (AvgIpc) is 2.91. The molecule has 1 N–H and O–H groups in total. The highest BCUT2D eigenvalue weighted by Crippen LogP contribution is 2.32. The Kier molecular flexibility index (Phi) is 4.32. The average molecular weight is 347 g/mol. The molecule has 21 heavy (non-hydrogen) atoms. The Balaban J connectivity index is 1.73. The molecular weight excluding hydrogens is 328 g/mol. The van der Waals surface area contributed by atoms with Crippen molar-refractivity contribution in [1.82, 2.24) is 0 Å². The molecule has 0 heterocycles. The van der Waals surface area contributed by atoms with E-state index < -0.39 is 0 Å². The second-order valence-corrected chi connectivity index (χ2v) is 6.58. The molecule has 0 saturated heterocycles. The Hall–Kier alpha value is -1.32. The lowest BCUT2D eigenvalue weighted by Gasteiger charge is -2.19. The van der Waals surface area contributed by atoms with Crippen LogP contribution in [-0.2, 0) is 19.3 Å². The van der Waals surface area contributed by atoms with Crippen molar-refractivity contribution in [2.75, 3.05) is 7.11 Å². The third kappa shape index (κ3) is 3.14. The van der Waals surface area contributed by atoms with Crippen LogP contribution in [0.2, 0.25) is 0 Å². The lowest BCUT2D eigenvalue weighted by atomic mass is 9.93. The van der Waals surface area contributed by atoms with Gasteiger partial charge >= 0.3 is 0 Å². The van der Waals surface area contributed by atoms with E-state index in [9.17, 15) is 5.11 Å². The van der Waals surface area contributed by atoms with E-state index in [1.165, 1.54) is 11.1 Å². The van der Waals surface area contributed by atoms with Gasteiger partial charge in [-0.15, -0.1) is 0 Å². The topological polar surface area (TPSA) is 29.5 Å². The van der Waals surface area contributed by atoms with Crippen LogP contribution in [-0.4, -0.2) is 18.3 Å². The van der Waals surface area contributed by atoms with Crippen LogP contribution in [0.4, 0.5) is 0 Å². The Morgan fingerprint density at radius 2 is 1.86 bits per heavy atom. The lowest BCUT2D eigenvalue weighted by molar-refractivity contribution is 0.112. The third-order valence-electron chi connectivity index (χ3n) is 4.30. The van der Waals surface area contributed by atoms with Crippen molar-refractivity contribution in [2.24, 2.45) is 5.92 Å². The molecule has 2 nitrogen and oxygen atoms in total. The fourth-order valence-electron chi connectivity index (χ4n) is 3.16. The Bertz CT molecular complexity index is 614. The first-order chi connectivity index (χ1) is 10.2. The van der Waals surface area contributed by atoms with Gasteiger partial charge in [0, 0.05) is 10.9 Å². The highest BCUT2D eigenvalue weighted by atomic mass is 79.9. The highest BCUT2D eigenvalue weighted by Gasteiger charge is 2.27. The number of benzene rings is 2. The summed E-state index contributed by atoms with van der Waals surface area (Å²) in [5.74, 6) is 1.14. The monoisotopic (exact) mass is 346 g/mol.